The van der Waals surface area contributed by atoms with E-state index in [1.165, 1.54) is 0 Å². The van der Waals surface area contributed by atoms with Gasteiger partial charge in [-0.15, -0.1) is 0 Å². The van der Waals surface area contributed by atoms with Gasteiger partial charge in [0.05, 0.1) is 5.75 Å². The molecule has 0 saturated carbocycles. The summed E-state index contributed by atoms with van der Waals surface area (Å²) < 4.78 is 0. The zero-order valence-corrected chi connectivity index (χ0v) is 5.85. The minimum Gasteiger partial charge on any atom is -0.477 e. The van der Waals surface area contributed by atoms with Gasteiger partial charge in [0.1, 0.15) is 5.71 Å². The lowest BCUT2D eigenvalue weighted by Crippen LogP contribution is -2.15. The topological polar surface area (TPSA) is 66.7 Å². The second-order valence-electron chi connectivity index (χ2n) is 1.40. The molecular formula is C5H5NO3S+. The number of carboxylic acid groups (broad SMARTS) is 1. The van der Waals surface area contributed by atoms with Crippen LogP contribution in [0.2, 0.25) is 0 Å². The number of hydrogen-bond acceptors (Lipinski definition) is 2. The van der Waals surface area contributed by atoms with Crippen molar-refractivity contribution in [2.45, 2.75) is 0 Å². The molecule has 0 heterocycles. The van der Waals surface area contributed by atoms with E-state index in [1.54, 1.807) is 0 Å². The first-order chi connectivity index (χ1) is 4.57. The van der Waals surface area contributed by atoms with Crippen molar-refractivity contribution >= 4 is 30.2 Å². The summed E-state index contributed by atoms with van der Waals surface area (Å²) in [5.41, 5.74) is -0.338. The molecular weight excluding hydrogens is 154 g/mol. The van der Waals surface area contributed by atoms with E-state index in [-0.39, 0.29) is 11.5 Å². The fourth-order valence-electron chi connectivity index (χ4n) is 0.292. The van der Waals surface area contributed by atoms with Gasteiger partial charge in [-0.05, 0) is 0 Å². The lowest BCUT2D eigenvalue weighted by molar-refractivity contribution is -0.129. The Morgan fingerprint density at radius 2 is 2.10 bits per heavy atom. The minimum absolute atomic E-state index is 0.184. The highest BCUT2D eigenvalue weighted by Gasteiger charge is 2.09. The van der Waals surface area contributed by atoms with Gasteiger partial charge < -0.3 is 5.11 Å². The Hall–Kier alpha value is -0.970. The predicted octanol–water partition coefficient (Wildman–Crippen LogP) is 0.0702. The molecule has 1 amide bonds. The van der Waals surface area contributed by atoms with Gasteiger partial charge in [-0.3, -0.25) is 0 Å². The Kier molecular flexibility index (Phi) is 3.56. The monoisotopic (exact) mass is 159 g/mol. The van der Waals surface area contributed by atoms with Crippen LogP contribution in [0.3, 0.4) is 0 Å². The van der Waals surface area contributed by atoms with Crippen molar-refractivity contribution in [2.24, 2.45) is 4.99 Å². The second kappa shape index (κ2) is 3.94. The average Bonchev–Trinajstić information content (AvgIpc) is 1.81. The van der Waals surface area contributed by atoms with Gasteiger partial charge in [-0.2, -0.15) is 4.99 Å². The van der Waals surface area contributed by atoms with Crippen LogP contribution < -0.4 is 0 Å². The molecule has 53 valence electrons. The smallest absolute Gasteiger partial charge is 0.425 e. The van der Waals surface area contributed by atoms with Gasteiger partial charge in [0.25, 0.3) is 0 Å². The number of aliphatic carboxylic acids is 1. The number of carbonyl (C=O) groups excluding carboxylic acids is 1. The first kappa shape index (κ1) is 9.03. The molecule has 0 aromatic carbocycles. The molecule has 0 unspecified atom stereocenters. The molecule has 0 aromatic heterocycles. The van der Waals surface area contributed by atoms with Gasteiger partial charge in [0.2, 0.25) is 0 Å². The molecule has 1 radical (unpaired) electrons. The number of carboxylic acids is 1. The van der Waals surface area contributed by atoms with Gasteiger partial charge in [-0.25, -0.2) is 9.59 Å². The normalized spacial score (nSPS) is 11.1. The van der Waals surface area contributed by atoms with Crippen molar-refractivity contribution in [3.05, 3.63) is 6.92 Å². The highest BCUT2D eigenvalue weighted by molar-refractivity contribution is 7.81. The lowest BCUT2D eigenvalue weighted by Gasteiger charge is -1.88. The van der Waals surface area contributed by atoms with Crippen LogP contribution in [0.15, 0.2) is 4.99 Å². The molecule has 1 N–H and O–H groups in total. The molecule has 0 aromatic rings. The number of rotatable bonds is 2. The second-order valence-corrected chi connectivity index (χ2v) is 1.69. The Balaban J connectivity index is 4.34. The molecule has 5 heteroatoms. The first-order valence-electron chi connectivity index (χ1n) is 2.32. The van der Waals surface area contributed by atoms with Crippen LogP contribution in [0.25, 0.3) is 0 Å². The SMILES string of the molecule is [CH2+]C(=O)N=C(C[S])C(=O)O. The van der Waals surface area contributed by atoms with Crippen LogP contribution in [0, 0.1) is 6.92 Å². The highest BCUT2D eigenvalue weighted by atomic mass is 32.1. The summed E-state index contributed by atoms with van der Waals surface area (Å²) in [6, 6.07) is 0. The predicted molar refractivity (Wildman–Crippen MR) is 37.9 cm³/mol. The molecule has 0 aliphatic heterocycles. The van der Waals surface area contributed by atoms with Crippen LogP contribution in [0.5, 0.6) is 0 Å². The van der Waals surface area contributed by atoms with Crippen molar-refractivity contribution in [3.8, 4) is 0 Å². The summed E-state index contributed by atoms with van der Waals surface area (Å²) in [7, 11) is 0. The van der Waals surface area contributed by atoms with E-state index in [1.807, 2.05) is 0 Å². The van der Waals surface area contributed by atoms with E-state index in [2.05, 4.69) is 24.5 Å². The zero-order valence-electron chi connectivity index (χ0n) is 5.03. The lowest BCUT2D eigenvalue weighted by atomic mass is 10.4. The van der Waals surface area contributed by atoms with E-state index in [0.717, 1.165) is 0 Å². The van der Waals surface area contributed by atoms with Crippen LogP contribution in [0.1, 0.15) is 0 Å². The van der Waals surface area contributed by atoms with E-state index in [9.17, 15) is 9.59 Å². The Bertz CT molecular complexity index is 187. The van der Waals surface area contributed by atoms with Crippen molar-refractivity contribution < 1.29 is 14.7 Å². The van der Waals surface area contributed by atoms with Gasteiger partial charge >= 0.3 is 11.9 Å². The van der Waals surface area contributed by atoms with Gasteiger partial charge in [0.15, 0.2) is 6.92 Å². The van der Waals surface area contributed by atoms with Crippen molar-refractivity contribution in [1.82, 2.24) is 0 Å². The summed E-state index contributed by atoms with van der Waals surface area (Å²) in [5.74, 6) is -2.24. The van der Waals surface area contributed by atoms with Crippen molar-refractivity contribution in [1.29, 1.82) is 0 Å². The molecule has 0 bridgehead atoms. The number of nitrogens with zero attached hydrogens (tertiary/aromatic N) is 1. The summed E-state index contributed by atoms with van der Waals surface area (Å²) in [4.78, 5) is 23.3. The number of amides is 1. The molecule has 0 spiro atoms. The maximum absolute atomic E-state index is 10.1. The number of carbonyl (C=O) groups is 2. The van der Waals surface area contributed by atoms with Crippen LogP contribution in [-0.4, -0.2) is 28.4 Å². The van der Waals surface area contributed by atoms with Crippen LogP contribution in [0.4, 0.5) is 0 Å². The molecule has 0 atom stereocenters. The Labute approximate surface area is 63.4 Å². The van der Waals surface area contributed by atoms with Gasteiger partial charge in [-0.1, -0.05) is 12.6 Å². The fraction of sp³-hybridized carbons (Fsp3) is 0.200. The Morgan fingerprint density at radius 1 is 1.60 bits per heavy atom. The quantitative estimate of drug-likeness (QED) is 0.458. The zero-order chi connectivity index (χ0) is 8.15. The van der Waals surface area contributed by atoms with Gasteiger partial charge in [0, 0.05) is 0 Å². The van der Waals surface area contributed by atoms with E-state index in [0.29, 0.717) is 0 Å². The molecule has 4 nitrogen and oxygen atoms in total. The fourth-order valence-corrected chi connectivity index (χ4v) is 0.480. The first-order valence-corrected chi connectivity index (χ1v) is 2.90. The molecule has 10 heavy (non-hydrogen) atoms. The maximum atomic E-state index is 10.1. The molecule has 0 rings (SSSR count). The van der Waals surface area contributed by atoms with Crippen molar-refractivity contribution in [2.75, 3.05) is 5.75 Å². The molecule has 0 aliphatic rings. The third kappa shape index (κ3) is 3.13. The van der Waals surface area contributed by atoms with Crippen molar-refractivity contribution in [3.63, 3.8) is 0 Å². The van der Waals surface area contributed by atoms with Crippen LogP contribution in [-0.2, 0) is 9.59 Å². The molecule has 0 fully saturated rings. The minimum atomic E-state index is -1.27. The van der Waals surface area contributed by atoms with Crippen LogP contribution >= 0.6 is 12.6 Å². The number of aliphatic imine (C=N–C) groups is 1. The van der Waals surface area contributed by atoms with E-state index in [4.69, 9.17) is 5.11 Å². The summed E-state index contributed by atoms with van der Waals surface area (Å²) >= 11 is 4.38. The molecule has 0 saturated heterocycles. The third-order valence-corrected chi connectivity index (χ3v) is 0.917. The largest absolute Gasteiger partial charge is 0.477 e. The summed E-state index contributed by atoms with van der Waals surface area (Å²) in [5, 5.41) is 8.24. The molecule has 0 aliphatic carbocycles. The standard InChI is InChI=1S/C5H4NO3S/c1-3(7)6-4(2-10)5(8)9/h1-2H2/p+1. The summed E-state index contributed by atoms with van der Waals surface area (Å²) in [6.45, 7) is 2.87. The Morgan fingerprint density at radius 3 is 2.20 bits per heavy atom. The third-order valence-electron chi connectivity index (χ3n) is 0.643. The summed E-state index contributed by atoms with van der Waals surface area (Å²) in [6.07, 6.45) is 0. The van der Waals surface area contributed by atoms with E-state index < -0.39 is 11.9 Å². The number of hydrogen-bond donors (Lipinski definition) is 1. The maximum Gasteiger partial charge on any atom is 0.425 e. The average molecular weight is 159 g/mol. The van der Waals surface area contributed by atoms with E-state index >= 15 is 0 Å². The highest BCUT2D eigenvalue weighted by Crippen LogP contribution is 1.84.